The Morgan fingerprint density at radius 3 is 0.736 bits per heavy atom. The van der Waals surface area contributed by atoms with Crippen molar-refractivity contribution in [2.24, 2.45) is 71.0 Å². The van der Waals surface area contributed by atoms with E-state index in [9.17, 15) is 0 Å². The van der Waals surface area contributed by atoms with Crippen molar-refractivity contribution < 1.29 is 0 Å². The first-order valence-electron chi connectivity index (χ1n) is 51.9. The SMILES string of the molecule is C=CC1CCC(/C=C/C2CCC(C3CCC(CCCC)CC3)CC2)CC1.C=CC1CCC(/C=C/C2CCC(c3ccc(-c4ccc(CCCC)cc4)cc3)CC2)CC1.CCCCCC1CCC(c2ccc(-c3ccc(-c4ccc(CC)cc4)cc3)cc2)CC1.CCCCCC1CCC(c2ccc(-c3ccc(C4CCC(CCC)CC4)cc3)cc2)CC1. The summed E-state index contributed by atoms with van der Waals surface area (Å²) in [7, 11) is 0. The van der Waals surface area contributed by atoms with Gasteiger partial charge in [-0.1, -0.05) is 351 Å². The number of rotatable bonds is 32. The van der Waals surface area contributed by atoms with Gasteiger partial charge in [0.1, 0.15) is 0 Å². The zero-order valence-electron chi connectivity index (χ0n) is 77.9. The first-order chi connectivity index (χ1) is 59.6. The Labute approximate surface area is 743 Å². The molecule has 0 radical (unpaired) electrons. The maximum atomic E-state index is 3.97. The maximum Gasteiger partial charge on any atom is -0.0162 e. The number of hydrogen-bond acceptors (Lipinski definition) is 0. The molecule has 0 bridgehead atoms. The molecule has 0 heterocycles. The predicted octanol–water partition coefficient (Wildman–Crippen LogP) is 37.6. The number of unbranched alkanes of at least 4 members (excludes halogenated alkanes) is 6. The first kappa shape index (κ1) is 93.7. The third-order valence-electron chi connectivity index (χ3n) is 32.3. The van der Waals surface area contributed by atoms with Crippen LogP contribution in [0.4, 0.5) is 0 Å². The molecule has 0 N–H and O–H groups in total. The van der Waals surface area contributed by atoms with E-state index in [1.165, 1.54) is 351 Å². The van der Waals surface area contributed by atoms with Gasteiger partial charge in [0, 0.05) is 0 Å². The summed E-state index contributed by atoms with van der Waals surface area (Å²) in [6.07, 6.45) is 83.4. The third kappa shape index (κ3) is 30.1. The lowest BCUT2D eigenvalue weighted by Crippen LogP contribution is -2.25. The van der Waals surface area contributed by atoms with Gasteiger partial charge in [0.15, 0.2) is 0 Å². The van der Waals surface area contributed by atoms with Gasteiger partial charge in [0.25, 0.3) is 0 Å². The summed E-state index contributed by atoms with van der Waals surface area (Å²) in [4.78, 5) is 0. The van der Waals surface area contributed by atoms with Crippen molar-refractivity contribution in [1.82, 2.24) is 0 Å². The van der Waals surface area contributed by atoms with Crippen molar-refractivity contribution in [3.05, 3.63) is 253 Å². The van der Waals surface area contributed by atoms with E-state index in [1.807, 2.05) is 0 Å². The van der Waals surface area contributed by atoms with Crippen LogP contribution < -0.4 is 0 Å². The van der Waals surface area contributed by atoms with Crippen LogP contribution in [0, 0.1) is 71.0 Å². The van der Waals surface area contributed by atoms with E-state index in [-0.39, 0.29) is 0 Å². The van der Waals surface area contributed by atoms with Gasteiger partial charge in [0.05, 0.1) is 0 Å². The Hall–Kier alpha value is -6.50. The Morgan fingerprint density at radius 2 is 0.446 bits per heavy atom. The van der Waals surface area contributed by atoms with Crippen LogP contribution in [0.5, 0.6) is 0 Å². The first-order valence-corrected chi connectivity index (χ1v) is 51.9. The van der Waals surface area contributed by atoms with Gasteiger partial charge in [-0.2, -0.15) is 0 Å². The Morgan fingerprint density at radius 1 is 0.215 bits per heavy atom. The predicted molar refractivity (Wildman–Crippen MR) is 531 cm³/mol. The number of benzene rings is 7. The molecule has 0 amide bonds. The van der Waals surface area contributed by atoms with Crippen LogP contribution in [-0.2, 0) is 12.8 Å². The highest BCUT2D eigenvalue weighted by Crippen LogP contribution is 2.47. The molecule has 0 heteroatoms. The summed E-state index contributed by atoms with van der Waals surface area (Å²) >= 11 is 0. The average molecular weight is 1620 g/mol. The molecule has 8 fully saturated rings. The van der Waals surface area contributed by atoms with Crippen molar-refractivity contribution in [1.29, 1.82) is 0 Å². The lowest BCUT2D eigenvalue weighted by Gasteiger charge is -2.37. The Kier molecular flexibility index (Phi) is 40.1. The molecule has 7 aromatic carbocycles. The molecule has 0 nitrogen and oxygen atoms in total. The van der Waals surface area contributed by atoms with Gasteiger partial charge in [-0.05, 0) is 384 Å². The van der Waals surface area contributed by atoms with Crippen LogP contribution in [0.2, 0.25) is 0 Å². The molecule has 7 aromatic rings. The van der Waals surface area contributed by atoms with Crippen LogP contribution in [-0.4, -0.2) is 0 Å². The van der Waals surface area contributed by atoms with E-state index >= 15 is 0 Å². The molecular weight excluding hydrogens is 1450 g/mol. The number of allylic oxidation sites excluding steroid dienone is 6. The highest BCUT2D eigenvalue weighted by Gasteiger charge is 2.32. The molecular formula is C121H170. The fraction of sp³-hybridized carbons (Fsp3) is 0.587. The van der Waals surface area contributed by atoms with Gasteiger partial charge >= 0.3 is 0 Å². The van der Waals surface area contributed by atoms with Crippen LogP contribution in [0.3, 0.4) is 0 Å². The van der Waals surface area contributed by atoms with Crippen molar-refractivity contribution >= 4 is 0 Å². The zero-order chi connectivity index (χ0) is 84.0. The van der Waals surface area contributed by atoms with Crippen LogP contribution in [0.25, 0.3) is 44.5 Å². The Bertz CT molecular complexity index is 3960. The van der Waals surface area contributed by atoms with E-state index in [0.29, 0.717) is 0 Å². The van der Waals surface area contributed by atoms with Gasteiger partial charge in [0.2, 0.25) is 0 Å². The standard InChI is InChI=1S/C32H42.C32H46.C31H38.C26H44/c1-3-5-6-26-13-17-29(18-14-26)31-21-23-32(24-22-31)30-19-15-28(16-20-30)12-11-27-9-7-25(4-2)8-10-27;1-3-5-6-8-26-11-15-28(16-12-26)30-19-23-32(24-20-30)31-21-17-29(18-22-31)27-13-9-25(7-4-2)10-14-27;1-3-5-6-7-25-10-14-27(15-11-25)29-18-22-31(23-19-29)30-20-16-28(17-21-30)26-12-8-24(4-2)9-13-26;1-3-5-6-22-13-17-25(18-14-22)26-19-15-24(16-20-26)12-11-23-9-7-21(4-2)8-10-23/h4,11-14,17-18,21-25,27-28,30H,2-3,5-10,15-16,19-20H2,1H3;17-28H,3-16H2,1-2H3;8-9,12-13,16-23,25,27H,3-7,10-11,14-15H2,1-2H3;4,11-12,21-26H,2-3,5-10,13-20H2,1H3/b12-11+;;;12-11+. The average Bonchev–Trinajstić information content (AvgIpc) is 0.828. The molecule has 0 saturated heterocycles. The zero-order valence-corrected chi connectivity index (χ0v) is 77.9. The highest BCUT2D eigenvalue weighted by atomic mass is 14.4. The molecule has 0 aromatic heterocycles. The van der Waals surface area contributed by atoms with Gasteiger partial charge < -0.3 is 0 Å². The van der Waals surface area contributed by atoms with E-state index < -0.39 is 0 Å². The molecule has 0 atom stereocenters. The maximum absolute atomic E-state index is 3.97. The lowest BCUT2D eigenvalue weighted by atomic mass is 9.68. The molecule has 8 aliphatic carbocycles. The van der Waals surface area contributed by atoms with Gasteiger partial charge in [-0.3, -0.25) is 0 Å². The second-order valence-corrected chi connectivity index (χ2v) is 40.7. The summed E-state index contributed by atoms with van der Waals surface area (Å²) < 4.78 is 0. The smallest absolute Gasteiger partial charge is 0.0162 e. The largest absolute Gasteiger partial charge is 0.103 e. The molecule has 654 valence electrons. The Balaban J connectivity index is 0.000000148. The van der Waals surface area contributed by atoms with E-state index in [0.717, 1.165) is 101 Å². The summed E-state index contributed by atoms with van der Waals surface area (Å²) in [6.45, 7) is 21.7. The second kappa shape index (κ2) is 51.8. The minimum Gasteiger partial charge on any atom is -0.103 e. The minimum absolute atomic E-state index is 0.744. The molecule has 0 unspecified atom stereocenters. The van der Waals surface area contributed by atoms with Crippen LogP contribution in [0.15, 0.2) is 219 Å². The minimum atomic E-state index is 0.744. The number of hydrogen-bond donors (Lipinski definition) is 0. The van der Waals surface area contributed by atoms with Crippen LogP contribution >= 0.6 is 0 Å². The normalized spacial score (nSPS) is 27.1. The molecule has 15 rings (SSSR count). The number of aryl methyl sites for hydroxylation is 2. The van der Waals surface area contributed by atoms with Crippen molar-refractivity contribution in [2.75, 3.05) is 0 Å². The van der Waals surface area contributed by atoms with E-state index in [1.54, 1.807) is 35.1 Å². The lowest BCUT2D eigenvalue weighted by molar-refractivity contribution is 0.151. The van der Waals surface area contributed by atoms with Crippen molar-refractivity contribution in [3.8, 4) is 44.5 Å². The molecule has 0 spiro atoms. The summed E-state index contributed by atoms with van der Waals surface area (Å²) in [5.41, 5.74) is 19.7. The van der Waals surface area contributed by atoms with Crippen molar-refractivity contribution in [2.45, 2.75) is 380 Å². The second-order valence-electron chi connectivity index (χ2n) is 40.7. The molecule has 0 aliphatic heterocycles. The van der Waals surface area contributed by atoms with Crippen LogP contribution in [0.1, 0.15) is 400 Å². The van der Waals surface area contributed by atoms with Crippen molar-refractivity contribution in [3.63, 3.8) is 0 Å². The monoisotopic (exact) mass is 1620 g/mol. The quantitative estimate of drug-likeness (QED) is 0.0291. The summed E-state index contributed by atoms with van der Waals surface area (Å²) in [5, 5.41) is 0. The van der Waals surface area contributed by atoms with E-state index in [4.69, 9.17) is 0 Å². The summed E-state index contributed by atoms with van der Waals surface area (Å²) in [5.74, 6) is 14.2. The fourth-order valence-corrected chi connectivity index (χ4v) is 23.6. The third-order valence-corrected chi connectivity index (χ3v) is 32.3. The highest BCUT2D eigenvalue weighted by molar-refractivity contribution is 5.71. The van der Waals surface area contributed by atoms with Gasteiger partial charge in [-0.15, -0.1) is 13.2 Å². The topological polar surface area (TPSA) is 0 Å². The molecule has 121 heavy (non-hydrogen) atoms. The van der Waals surface area contributed by atoms with E-state index in [2.05, 4.69) is 261 Å². The summed E-state index contributed by atoms with van der Waals surface area (Å²) in [6, 6.07) is 65.2. The fourth-order valence-electron chi connectivity index (χ4n) is 23.6. The molecule has 8 aliphatic rings. The van der Waals surface area contributed by atoms with Gasteiger partial charge in [-0.25, -0.2) is 0 Å². The molecule has 8 saturated carbocycles.